The number of amides is 1. The zero-order chi connectivity index (χ0) is 17.1. The van der Waals surface area contributed by atoms with Gasteiger partial charge < -0.3 is 9.42 Å². The third-order valence-electron chi connectivity index (χ3n) is 4.48. The van der Waals surface area contributed by atoms with Crippen LogP contribution in [-0.2, 0) is 11.2 Å². The van der Waals surface area contributed by atoms with Crippen molar-refractivity contribution in [1.29, 1.82) is 0 Å². The maximum absolute atomic E-state index is 12.5. The van der Waals surface area contributed by atoms with Crippen LogP contribution >= 0.6 is 11.6 Å². The summed E-state index contributed by atoms with van der Waals surface area (Å²) in [5.41, 5.74) is 0.823. The van der Waals surface area contributed by atoms with E-state index >= 15 is 0 Å². The topological polar surface area (TPSA) is 59.2 Å². The van der Waals surface area contributed by atoms with Crippen molar-refractivity contribution in [2.24, 2.45) is 5.92 Å². The highest BCUT2D eigenvalue weighted by Crippen LogP contribution is 2.29. The van der Waals surface area contributed by atoms with Crippen LogP contribution in [0.1, 0.15) is 39.0 Å². The van der Waals surface area contributed by atoms with E-state index in [1.165, 1.54) is 0 Å². The van der Waals surface area contributed by atoms with E-state index in [9.17, 15) is 4.79 Å². The van der Waals surface area contributed by atoms with E-state index in [2.05, 4.69) is 10.1 Å². The molecule has 0 saturated heterocycles. The van der Waals surface area contributed by atoms with Gasteiger partial charge in [0.15, 0.2) is 0 Å². The van der Waals surface area contributed by atoms with Crippen molar-refractivity contribution >= 4 is 17.5 Å². The molecule has 1 aliphatic carbocycles. The standard InChI is InChI=1S/C18H22ClN3O2/c1-12(2)22(18(23)13-5-3-6-13)10-9-16-20-17(21-24-16)14-7-4-8-15(19)11-14/h4,7-8,11-13H,3,5-6,9-10H2,1-2H3. The lowest BCUT2D eigenvalue weighted by molar-refractivity contribution is -0.139. The number of hydrogen-bond donors (Lipinski definition) is 0. The zero-order valence-electron chi connectivity index (χ0n) is 14.0. The van der Waals surface area contributed by atoms with Crippen molar-refractivity contribution in [1.82, 2.24) is 15.0 Å². The fraction of sp³-hybridized carbons (Fsp3) is 0.500. The van der Waals surface area contributed by atoms with Crippen LogP contribution in [0.25, 0.3) is 11.4 Å². The Kier molecular flexibility index (Phi) is 5.19. The minimum atomic E-state index is 0.174. The third kappa shape index (κ3) is 3.78. The minimum absolute atomic E-state index is 0.174. The molecule has 2 aromatic rings. The molecule has 0 aliphatic heterocycles. The average molecular weight is 348 g/mol. The molecule has 0 atom stereocenters. The smallest absolute Gasteiger partial charge is 0.228 e. The normalized spacial score (nSPS) is 14.7. The van der Waals surface area contributed by atoms with Gasteiger partial charge in [-0.25, -0.2) is 0 Å². The molecule has 1 aliphatic rings. The summed E-state index contributed by atoms with van der Waals surface area (Å²) in [5.74, 6) is 1.52. The van der Waals surface area contributed by atoms with Gasteiger partial charge in [-0.05, 0) is 38.8 Å². The zero-order valence-corrected chi connectivity index (χ0v) is 14.8. The molecule has 6 heteroatoms. The van der Waals surface area contributed by atoms with E-state index in [4.69, 9.17) is 16.1 Å². The average Bonchev–Trinajstić information content (AvgIpc) is 2.94. The largest absolute Gasteiger partial charge is 0.340 e. The van der Waals surface area contributed by atoms with Crippen LogP contribution in [0.5, 0.6) is 0 Å². The predicted octanol–water partition coefficient (Wildman–Crippen LogP) is 3.97. The first-order valence-corrected chi connectivity index (χ1v) is 8.81. The summed E-state index contributed by atoms with van der Waals surface area (Å²) in [6.45, 7) is 4.69. The van der Waals surface area contributed by atoms with Gasteiger partial charge >= 0.3 is 0 Å². The first-order valence-electron chi connectivity index (χ1n) is 8.43. The van der Waals surface area contributed by atoms with Crippen molar-refractivity contribution in [3.8, 4) is 11.4 Å². The lowest BCUT2D eigenvalue weighted by atomic mass is 9.84. The van der Waals surface area contributed by atoms with E-state index in [-0.39, 0.29) is 17.9 Å². The molecule has 1 heterocycles. The lowest BCUT2D eigenvalue weighted by Crippen LogP contribution is -2.44. The number of rotatable bonds is 6. The molecule has 0 bridgehead atoms. The van der Waals surface area contributed by atoms with Crippen LogP contribution in [0.15, 0.2) is 28.8 Å². The maximum Gasteiger partial charge on any atom is 0.228 e. The van der Waals surface area contributed by atoms with Crippen molar-refractivity contribution in [3.63, 3.8) is 0 Å². The molecule has 0 spiro atoms. The summed E-state index contributed by atoms with van der Waals surface area (Å²) in [6.07, 6.45) is 3.75. The quantitative estimate of drug-likeness (QED) is 0.793. The Hall–Kier alpha value is -1.88. The van der Waals surface area contributed by atoms with Gasteiger partial charge in [0.25, 0.3) is 0 Å². The highest BCUT2D eigenvalue weighted by Gasteiger charge is 2.30. The van der Waals surface area contributed by atoms with Crippen molar-refractivity contribution < 1.29 is 9.32 Å². The summed E-state index contributed by atoms with van der Waals surface area (Å²) in [4.78, 5) is 18.8. The Morgan fingerprint density at radius 2 is 2.21 bits per heavy atom. The molecule has 3 rings (SSSR count). The number of carbonyl (C=O) groups is 1. The van der Waals surface area contributed by atoms with Crippen LogP contribution in [0.3, 0.4) is 0 Å². The summed E-state index contributed by atoms with van der Waals surface area (Å²) in [6, 6.07) is 7.52. The van der Waals surface area contributed by atoms with Crippen LogP contribution < -0.4 is 0 Å². The Morgan fingerprint density at radius 3 is 2.83 bits per heavy atom. The molecule has 5 nitrogen and oxygen atoms in total. The van der Waals surface area contributed by atoms with E-state index in [1.54, 1.807) is 12.1 Å². The van der Waals surface area contributed by atoms with E-state index in [0.717, 1.165) is 24.8 Å². The number of halogens is 1. The Morgan fingerprint density at radius 1 is 1.42 bits per heavy atom. The third-order valence-corrected chi connectivity index (χ3v) is 4.71. The molecule has 0 radical (unpaired) electrons. The van der Waals surface area contributed by atoms with E-state index in [1.807, 2.05) is 30.9 Å². The SMILES string of the molecule is CC(C)N(CCc1nc(-c2cccc(Cl)c2)no1)C(=O)C1CCC1. The molecule has 1 aromatic carbocycles. The molecule has 0 N–H and O–H groups in total. The van der Waals surface area contributed by atoms with Crippen LogP contribution in [0, 0.1) is 5.92 Å². The highest BCUT2D eigenvalue weighted by atomic mass is 35.5. The van der Waals surface area contributed by atoms with Gasteiger partial charge in [-0.2, -0.15) is 4.98 Å². The van der Waals surface area contributed by atoms with Crippen molar-refractivity contribution in [3.05, 3.63) is 35.2 Å². The maximum atomic E-state index is 12.5. The van der Waals surface area contributed by atoms with Gasteiger partial charge in [-0.1, -0.05) is 35.3 Å². The summed E-state index contributed by atoms with van der Waals surface area (Å²) in [7, 11) is 0. The molecular weight excluding hydrogens is 326 g/mol. The number of aromatic nitrogens is 2. The number of hydrogen-bond acceptors (Lipinski definition) is 4. The van der Waals surface area contributed by atoms with Gasteiger partial charge in [0.2, 0.25) is 17.6 Å². The van der Waals surface area contributed by atoms with Gasteiger partial charge in [0.05, 0.1) is 0 Å². The molecule has 1 saturated carbocycles. The molecule has 24 heavy (non-hydrogen) atoms. The van der Waals surface area contributed by atoms with Crippen LogP contribution in [0.4, 0.5) is 0 Å². The Bertz CT molecular complexity index is 710. The molecule has 1 amide bonds. The molecule has 1 aromatic heterocycles. The first-order chi connectivity index (χ1) is 11.5. The van der Waals surface area contributed by atoms with E-state index in [0.29, 0.717) is 29.7 Å². The predicted molar refractivity (Wildman–Crippen MR) is 92.6 cm³/mol. The van der Waals surface area contributed by atoms with Crippen LogP contribution in [-0.4, -0.2) is 33.5 Å². The minimum Gasteiger partial charge on any atom is -0.340 e. The molecular formula is C18H22ClN3O2. The second kappa shape index (κ2) is 7.34. The highest BCUT2D eigenvalue weighted by molar-refractivity contribution is 6.30. The number of nitrogens with zero attached hydrogens (tertiary/aromatic N) is 3. The Balaban J connectivity index is 1.64. The number of carbonyl (C=O) groups excluding carboxylic acids is 1. The second-order valence-electron chi connectivity index (χ2n) is 6.53. The number of benzene rings is 1. The van der Waals surface area contributed by atoms with E-state index < -0.39 is 0 Å². The van der Waals surface area contributed by atoms with Gasteiger partial charge in [0.1, 0.15) is 0 Å². The van der Waals surface area contributed by atoms with Gasteiger partial charge in [0, 0.05) is 35.5 Å². The summed E-state index contributed by atoms with van der Waals surface area (Å²) < 4.78 is 5.33. The lowest BCUT2D eigenvalue weighted by Gasteiger charge is -2.34. The fourth-order valence-corrected chi connectivity index (χ4v) is 3.02. The molecule has 0 unspecified atom stereocenters. The molecule has 128 valence electrons. The van der Waals surface area contributed by atoms with Crippen molar-refractivity contribution in [2.45, 2.75) is 45.6 Å². The van der Waals surface area contributed by atoms with Gasteiger partial charge in [-0.15, -0.1) is 0 Å². The van der Waals surface area contributed by atoms with Crippen LogP contribution in [0.2, 0.25) is 5.02 Å². The monoisotopic (exact) mass is 347 g/mol. The van der Waals surface area contributed by atoms with Crippen molar-refractivity contribution in [2.75, 3.05) is 6.54 Å². The summed E-state index contributed by atoms with van der Waals surface area (Å²) >= 11 is 5.99. The second-order valence-corrected chi connectivity index (χ2v) is 6.96. The van der Waals surface area contributed by atoms with Gasteiger partial charge in [-0.3, -0.25) is 4.79 Å². The Labute approximate surface area is 147 Å². The fourth-order valence-electron chi connectivity index (χ4n) is 2.83. The summed E-state index contributed by atoms with van der Waals surface area (Å²) in [5, 5.41) is 4.64. The first kappa shape index (κ1) is 17.0. The molecule has 1 fully saturated rings.